The number of carbonyl (C=O) groups is 1. The van der Waals surface area contributed by atoms with E-state index < -0.39 is 6.16 Å². The Hall–Kier alpha value is -3.30. The molecule has 0 aliphatic heterocycles. The van der Waals surface area contributed by atoms with Crippen molar-refractivity contribution in [3.8, 4) is 11.5 Å². The molecule has 2 aromatic rings. The van der Waals surface area contributed by atoms with Gasteiger partial charge < -0.3 is 25.6 Å². The van der Waals surface area contributed by atoms with Gasteiger partial charge in [0.25, 0.3) is 0 Å². The summed E-state index contributed by atoms with van der Waals surface area (Å²) in [5.41, 5.74) is 6.21. The van der Waals surface area contributed by atoms with Gasteiger partial charge >= 0.3 is 6.16 Å². The molecule has 0 bridgehead atoms. The summed E-state index contributed by atoms with van der Waals surface area (Å²) in [5.74, 6) is 0.728. The van der Waals surface area contributed by atoms with Crippen molar-refractivity contribution in [2.75, 3.05) is 12.3 Å². The summed E-state index contributed by atoms with van der Waals surface area (Å²) in [6, 6.07) is 11.8. The zero-order chi connectivity index (χ0) is 17.5. The van der Waals surface area contributed by atoms with Crippen LogP contribution in [-0.4, -0.2) is 24.3 Å². The van der Waals surface area contributed by atoms with Crippen LogP contribution in [0.4, 0.5) is 10.5 Å². The second kappa shape index (κ2) is 7.81. The van der Waals surface area contributed by atoms with Gasteiger partial charge in [0, 0.05) is 5.56 Å². The Bertz CT molecular complexity index is 713. The minimum atomic E-state index is -1.11. The van der Waals surface area contributed by atoms with Gasteiger partial charge in [-0.3, -0.25) is 10.0 Å². The van der Waals surface area contributed by atoms with Gasteiger partial charge in [0.05, 0.1) is 12.8 Å². The molecule has 126 valence electrons. The Morgan fingerprint density at radius 2 is 1.71 bits per heavy atom. The van der Waals surface area contributed by atoms with Crippen molar-refractivity contribution in [2.24, 2.45) is 10.9 Å². The van der Waals surface area contributed by atoms with Gasteiger partial charge in [-0.2, -0.15) is 0 Å². The molecule has 0 atom stereocenters. The minimum Gasteiger partial charge on any atom is -0.733 e. The summed E-state index contributed by atoms with van der Waals surface area (Å²) in [6.45, 7) is 0. The van der Waals surface area contributed by atoms with Crippen molar-refractivity contribution in [1.82, 2.24) is 0 Å². The summed E-state index contributed by atoms with van der Waals surface area (Å²) >= 11 is 0. The molecule has 0 radical (unpaired) electrons. The van der Waals surface area contributed by atoms with E-state index in [1.165, 1.54) is 31.4 Å². The number of benzene rings is 2. The molecular formula is C15H14N3O6-. The van der Waals surface area contributed by atoms with Crippen LogP contribution in [0.25, 0.3) is 0 Å². The summed E-state index contributed by atoms with van der Waals surface area (Å²) in [7, 11) is 1.53. The lowest BCUT2D eigenvalue weighted by atomic mass is 10.2. The number of methoxy groups -OCH3 is 1. The maximum atomic E-state index is 11.5. The van der Waals surface area contributed by atoms with E-state index in [1.54, 1.807) is 24.3 Å². The Balaban J connectivity index is 1.93. The molecule has 0 aliphatic rings. The molecule has 0 heterocycles. The maximum absolute atomic E-state index is 11.5. The molecule has 0 saturated heterocycles. The number of carbonyl (C=O) groups excluding carboxylic acids is 1. The number of rotatable bonds is 5. The van der Waals surface area contributed by atoms with Gasteiger partial charge in [-0.05, 0) is 48.5 Å². The first-order chi connectivity index (χ1) is 11.5. The van der Waals surface area contributed by atoms with Crippen molar-refractivity contribution >= 4 is 17.7 Å². The van der Waals surface area contributed by atoms with Crippen molar-refractivity contribution < 1.29 is 24.3 Å². The molecule has 9 heteroatoms. The Morgan fingerprint density at radius 3 is 2.25 bits per heavy atom. The Labute approximate surface area is 137 Å². The van der Waals surface area contributed by atoms with Crippen LogP contribution in [0.1, 0.15) is 5.56 Å². The second-order valence-corrected chi connectivity index (χ2v) is 4.42. The molecule has 0 fully saturated rings. The number of amidine groups is 1. The Kier molecular flexibility index (Phi) is 5.55. The fraction of sp³-hybridized carbons (Fsp3) is 0.0667. The smallest absolute Gasteiger partial charge is 0.540 e. The van der Waals surface area contributed by atoms with Crippen molar-refractivity contribution in [1.29, 1.82) is 0 Å². The first kappa shape index (κ1) is 17.1. The van der Waals surface area contributed by atoms with Crippen LogP contribution < -0.4 is 20.4 Å². The van der Waals surface area contributed by atoms with Crippen LogP contribution in [0.3, 0.4) is 0 Å². The van der Waals surface area contributed by atoms with Crippen LogP contribution in [0.15, 0.2) is 53.7 Å². The number of hydrogen-bond acceptors (Lipinski definition) is 8. The van der Waals surface area contributed by atoms with E-state index in [0.29, 0.717) is 11.3 Å². The van der Waals surface area contributed by atoms with E-state index in [9.17, 15) is 10.0 Å². The normalized spacial score (nSPS) is 10.9. The van der Waals surface area contributed by atoms with Crippen LogP contribution >= 0.6 is 0 Å². The number of hydrogen-bond donors (Lipinski definition) is 2. The number of ether oxygens (including phenoxy) is 2. The van der Waals surface area contributed by atoms with Gasteiger partial charge in [0.2, 0.25) is 0 Å². The average Bonchev–Trinajstić information content (AvgIpc) is 2.60. The zero-order valence-electron chi connectivity index (χ0n) is 12.6. The molecule has 0 aliphatic carbocycles. The number of oxime groups is 1. The lowest BCUT2D eigenvalue weighted by Gasteiger charge is -2.21. The molecule has 9 nitrogen and oxygen atoms in total. The van der Waals surface area contributed by atoms with Crippen LogP contribution in [-0.2, 0) is 4.84 Å². The predicted molar refractivity (Wildman–Crippen MR) is 84.9 cm³/mol. The number of nitrogens with zero attached hydrogens (tertiary/aromatic N) is 2. The summed E-state index contributed by atoms with van der Waals surface area (Å²) in [5, 5.41) is 22.5. The van der Waals surface area contributed by atoms with E-state index in [4.69, 9.17) is 20.4 Å². The third-order valence-corrected chi connectivity index (χ3v) is 2.86. The summed E-state index contributed by atoms with van der Waals surface area (Å²) in [6.07, 6.45) is -1.11. The van der Waals surface area contributed by atoms with E-state index in [-0.39, 0.29) is 22.5 Å². The SMILES string of the molecule is COc1ccc(C(N)=NOC(=O)Oc2ccc(N([O-])O)cc2)cc1. The minimum absolute atomic E-state index is 0.0162. The summed E-state index contributed by atoms with van der Waals surface area (Å²) < 4.78 is 9.84. The fourth-order valence-corrected chi connectivity index (χ4v) is 1.66. The molecule has 2 aromatic carbocycles. The lowest BCUT2D eigenvalue weighted by molar-refractivity contribution is 0.102. The standard InChI is InChI=1S/C15H14N3O6/c1-22-12-6-2-10(3-7-12)14(16)17-24-15(19)23-13-8-4-11(5-9-13)18(20)21/h2-9,20H,1H3,(H2,16,17)/q-1. The maximum Gasteiger partial charge on any atom is 0.540 e. The molecule has 0 aromatic heterocycles. The van der Waals surface area contributed by atoms with E-state index >= 15 is 0 Å². The fourth-order valence-electron chi connectivity index (χ4n) is 1.66. The van der Waals surface area contributed by atoms with Crippen LogP contribution in [0.5, 0.6) is 11.5 Å². The molecule has 3 N–H and O–H groups in total. The molecule has 0 spiro atoms. The largest absolute Gasteiger partial charge is 0.733 e. The molecule has 0 amide bonds. The van der Waals surface area contributed by atoms with Crippen LogP contribution in [0, 0.1) is 5.21 Å². The van der Waals surface area contributed by atoms with Gasteiger partial charge in [-0.1, -0.05) is 5.16 Å². The lowest BCUT2D eigenvalue weighted by Crippen LogP contribution is -2.16. The highest BCUT2D eigenvalue weighted by Gasteiger charge is 2.08. The van der Waals surface area contributed by atoms with Crippen molar-refractivity contribution in [2.45, 2.75) is 0 Å². The molecular weight excluding hydrogens is 318 g/mol. The zero-order valence-corrected chi connectivity index (χ0v) is 12.6. The van der Waals surface area contributed by atoms with Gasteiger partial charge in [-0.25, -0.2) is 4.79 Å². The van der Waals surface area contributed by atoms with E-state index in [1.807, 2.05) is 0 Å². The van der Waals surface area contributed by atoms with Crippen LogP contribution in [0.2, 0.25) is 0 Å². The third kappa shape index (κ3) is 4.60. The topological polar surface area (TPSA) is 130 Å². The highest BCUT2D eigenvalue weighted by molar-refractivity contribution is 5.97. The van der Waals surface area contributed by atoms with Crippen molar-refractivity contribution in [3.05, 3.63) is 59.3 Å². The monoisotopic (exact) mass is 332 g/mol. The second-order valence-electron chi connectivity index (χ2n) is 4.42. The van der Waals surface area contributed by atoms with Crippen molar-refractivity contribution in [3.63, 3.8) is 0 Å². The predicted octanol–water partition coefficient (Wildman–Crippen LogP) is 2.22. The Morgan fingerprint density at radius 1 is 1.12 bits per heavy atom. The molecule has 24 heavy (non-hydrogen) atoms. The van der Waals surface area contributed by atoms with Gasteiger partial charge in [-0.15, -0.1) is 0 Å². The first-order valence-corrected chi connectivity index (χ1v) is 6.62. The molecule has 0 saturated carbocycles. The highest BCUT2D eigenvalue weighted by atomic mass is 16.8. The first-order valence-electron chi connectivity index (χ1n) is 6.62. The molecule has 2 rings (SSSR count). The van der Waals surface area contributed by atoms with Gasteiger partial charge in [0.1, 0.15) is 11.5 Å². The summed E-state index contributed by atoms with van der Waals surface area (Å²) in [4.78, 5) is 16.1. The average molecular weight is 332 g/mol. The highest BCUT2D eigenvalue weighted by Crippen LogP contribution is 2.18. The quantitative estimate of drug-likeness (QED) is 0.213. The van der Waals surface area contributed by atoms with Gasteiger partial charge in [0.15, 0.2) is 5.84 Å². The number of nitrogens with two attached hydrogens (primary N) is 1. The third-order valence-electron chi connectivity index (χ3n) is 2.86. The number of anilines is 1. The van der Waals surface area contributed by atoms with E-state index in [2.05, 4.69) is 9.99 Å². The molecule has 0 unspecified atom stereocenters. The van der Waals surface area contributed by atoms with E-state index in [0.717, 1.165) is 0 Å².